The molecular weight excluding hydrogens is 224 g/mol. The molecule has 0 saturated heterocycles. The van der Waals surface area contributed by atoms with E-state index in [2.05, 4.69) is 34.2 Å². The highest BCUT2D eigenvalue weighted by Crippen LogP contribution is 2.26. The number of nitrogens with one attached hydrogen (secondary N) is 1. The first kappa shape index (κ1) is 13.1. The summed E-state index contributed by atoms with van der Waals surface area (Å²) in [6.45, 7) is 4.18. The Morgan fingerprint density at radius 3 is 2.89 bits per heavy atom. The molecule has 0 amide bonds. The standard InChI is InChI=1S/C14H24N4/c1-3-9-15-14-16-10-8-13(17-14)18(2)11-12-6-4-5-7-12/h8,10,12H,3-7,9,11H2,1-2H3,(H,15,16,17). The molecule has 0 spiro atoms. The van der Waals surface area contributed by atoms with E-state index in [1.165, 1.54) is 25.7 Å². The third kappa shape index (κ3) is 3.59. The lowest BCUT2D eigenvalue weighted by molar-refractivity contribution is 0.545. The Kier molecular flexibility index (Phi) is 4.79. The number of rotatable bonds is 6. The summed E-state index contributed by atoms with van der Waals surface area (Å²) in [6.07, 6.45) is 8.46. The lowest BCUT2D eigenvalue weighted by atomic mass is 10.1. The molecule has 1 heterocycles. The average Bonchev–Trinajstić information content (AvgIpc) is 2.89. The molecule has 0 bridgehead atoms. The second-order valence-corrected chi connectivity index (χ2v) is 5.20. The average molecular weight is 248 g/mol. The molecule has 1 fully saturated rings. The van der Waals surface area contributed by atoms with Gasteiger partial charge in [0.05, 0.1) is 0 Å². The summed E-state index contributed by atoms with van der Waals surface area (Å²) in [6, 6.07) is 1.99. The van der Waals surface area contributed by atoms with Gasteiger partial charge in [-0.1, -0.05) is 19.8 Å². The van der Waals surface area contributed by atoms with Gasteiger partial charge in [-0.2, -0.15) is 4.98 Å². The van der Waals surface area contributed by atoms with Crippen molar-refractivity contribution >= 4 is 11.8 Å². The van der Waals surface area contributed by atoms with E-state index in [1.807, 2.05) is 12.3 Å². The molecule has 1 N–H and O–H groups in total. The van der Waals surface area contributed by atoms with Gasteiger partial charge in [-0.15, -0.1) is 0 Å². The van der Waals surface area contributed by atoms with Crippen molar-refractivity contribution in [2.45, 2.75) is 39.0 Å². The van der Waals surface area contributed by atoms with Crippen molar-refractivity contribution in [2.75, 3.05) is 30.4 Å². The van der Waals surface area contributed by atoms with Crippen LogP contribution in [0.15, 0.2) is 12.3 Å². The predicted molar refractivity (Wildman–Crippen MR) is 76.0 cm³/mol. The topological polar surface area (TPSA) is 41.1 Å². The van der Waals surface area contributed by atoms with Gasteiger partial charge in [0.25, 0.3) is 0 Å². The van der Waals surface area contributed by atoms with Gasteiger partial charge in [-0.05, 0) is 31.2 Å². The summed E-state index contributed by atoms with van der Waals surface area (Å²) >= 11 is 0. The van der Waals surface area contributed by atoms with Crippen LogP contribution < -0.4 is 10.2 Å². The second-order valence-electron chi connectivity index (χ2n) is 5.20. The van der Waals surface area contributed by atoms with Crippen LogP contribution in [0, 0.1) is 5.92 Å². The molecule has 0 aliphatic heterocycles. The van der Waals surface area contributed by atoms with E-state index >= 15 is 0 Å². The van der Waals surface area contributed by atoms with Crippen molar-refractivity contribution in [3.63, 3.8) is 0 Å². The zero-order chi connectivity index (χ0) is 12.8. The highest BCUT2D eigenvalue weighted by atomic mass is 15.2. The van der Waals surface area contributed by atoms with E-state index in [9.17, 15) is 0 Å². The molecule has 0 radical (unpaired) electrons. The van der Waals surface area contributed by atoms with E-state index < -0.39 is 0 Å². The Balaban J connectivity index is 1.93. The first-order valence-electron chi connectivity index (χ1n) is 7.07. The van der Waals surface area contributed by atoms with E-state index in [1.54, 1.807) is 0 Å². The normalized spacial score (nSPS) is 15.9. The quantitative estimate of drug-likeness (QED) is 0.840. The summed E-state index contributed by atoms with van der Waals surface area (Å²) in [5.74, 6) is 2.61. The van der Waals surface area contributed by atoms with Crippen LogP contribution in [0.1, 0.15) is 39.0 Å². The largest absolute Gasteiger partial charge is 0.359 e. The van der Waals surface area contributed by atoms with Crippen molar-refractivity contribution in [3.05, 3.63) is 12.3 Å². The Labute approximate surface area is 110 Å². The molecule has 1 saturated carbocycles. The maximum atomic E-state index is 4.56. The van der Waals surface area contributed by atoms with Crippen molar-refractivity contribution < 1.29 is 0 Å². The van der Waals surface area contributed by atoms with Gasteiger partial charge < -0.3 is 10.2 Å². The van der Waals surface area contributed by atoms with Crippen LogP contribution in [-0.2, 0) is 0 Å². The van der Waals surface area contributed by atoms with Gasteiger partial charge in [0.1, 0.15) is 5.82 Å². The predicted octanol–water partition coefficient (Wildman–Crippen LogP) is 2.92. The molecule has 4 nitrogen and oxygen atoms in total. The number of hydrogen-bond donors (Lipinski definition) is 1. The Bertz CT molecular complexity index is 361. The van der Waals surface area contributed by atoms with Crippen LogP contribution in [0.2, 0.25) is 0 Å². The summed E-state index contributed by atoms with van der Waals surface area (Å²) < 4.78 is 0. The molecule has 1 aromatic heterocycles. The Hall–Kier alpha value is -1.32. The van der Waals surface area contributed by atoms with Gasteiger partial charge in [-0.3, -0.25) is 0 Å². The molecule has 0 aromatic carbocycles. The first-order valence-corrected chi connectivity index (χ1v) is 7.07. The molecular formula is C14H24N4. The third-order valence-electron chi connectivity index (χ3n) is 3.57. The van der Waals surface area contributed by atoms with E-state index in [-0.39, 0.29) is 0 Å². The van der Waals surface area contributed by atoms with Crippen molar-refractivity contribution in [1.82, 2.24) is 9.97 Å². The number of nitrogens with zero attached hydrogens (tertiary/aromatic N) is 3. The second kappa shape index (κ2) is 6.57. The van der Waals surface area contributed by atoms with Crippen LogP contribution in [0.3, 0.4) is 0 Å². The SMILES string of the molecule is CCCNc1nccc(N(C)CC2CCCC2)n1. The van der Waals surface area contributed by atoms with E-state index in [4.69, 9.17) is 0 Å². The molecule has 0 unspecified atom stereocenters. The van der Waals surface area contributed by atoms with E-state index in [0.717, 1.165) is 37.2 Å². The number of aromatic nitrogens is 2. The summed E-state index contributed by atoms with van der Waals surface area (Å²) in [7, 11) is 2.13. The van der Waals surface area contributed by atoms with Crippen LogP contribution in [0.4, 0.5) is 11.8 Å². The minimum absolute atomic E-state index is 0.743. The molecule has 4 heteroatoms. The lowest BCUT2D eigenvalue weighted by Crippen LogP contribution is -2.25. The summed E-state index contributed by atoms with van der Waals surface area (Å²) in [5, 5.41) is 3.23. The molecule has 2 rings (SSSR count). The minimum Gasteiger partial charge on any atom is -0.359 e. The van der Waals surface area contributed by atoms with Gasteiger partial charge in [0, 0.05) is 26.3 Å². The monoisotopic (exact) mass is 248 g/mol. The van der Waals surface area contributed by atoms with Gasteiger partial charge in [-0.25, -0.2) is 4.98 Å². The molecule has 1 aromatic rings. The van der Waals surface area contributed by atoms with Crippen molar-refractivity contribution in [1.29, 1.82) is 0 Å². The highest BCUT2D eigenvalue weighted by molar-refractivity contribution is 5.41. The van der Waals surface area contributed by atoms with Crippen molar-refractivity contribution in [2.24, 2.45) is 5.92 Å². The number of hydrogen-bond acceptors (Lipinski definition) is 4. The van der Waals surface area contributed by atoms with Gasteiger partial charge in [0.2, 0.25) is 5.95 Å². The molecule has 18 heavy (non-hydrogen) atoms. The highest BCUT2D eigenvalue weighted by Gasteiger charge is 2.17. The van der Waals surface area contributed by atoms with Gasteiger partial charge in [0.15, 0.2) is 0 Å². The Morgan fingerprint density at radius 1 is 1.39 bits per heavy atom. The zero-order valence-electron chi connectivity index (χ0n) is 11.5. The molecule has 1 aliphatic rings. The minimum atomic E-state index is 0.743. The summed E-state index contributed by atoms with van der Waals surface area (Å²) in [5.41, 5.74) is 0. The fourth-order valence-corrected chi connectivity index (χ4v) is 2.56. The smallest absolute Gasteiger partial charge is 0.224 e. The van der Waals surface area contributed by atoms with Gasteiger partial charge >= 0.3 is 0 Å². The molecule has 100 valence electrons. The Morgan fingerprint density at radius 2 is 2.17 bits per heavy atom. The maximum absolute atomic E-state index is 4.56. The maximum Gasteiger partial charge on any atom is 0.224 e. The third-order valence-corrected chi connectivity index (χ3v) is 3.57. The van der Waals surface area contributed by atoms with Crippen LogP contribution in [0.5, 0.6) is 0 Å². The fourth-order valence-electron chi connectivity index (χ4n) is 2.56. The zero-order valence-corrected chi connectivity index (χ0v) is 11.5. The molecule has 0 atom stereocenters. The van der Waals surface area contributed by atoms with Crippen LogP contribution >= 0.6 is 0 Å². The fraction of sp³-hybridized carbons (Fsp3) is 0.714. The number of anilines is 2. The van der Waals surface area contributed by atoms with Crippen molar-refractivity contribution in [3.8, 4) is 0 Å². The van der Waals surface area contributed by atoms with Crippen LogP contribution in [-0.4, -0.2) is 30.1 Å². The van der Waals surface area contributed by atoms with Crippen LogP contribution in [0.25, 0.3) is 0 Å². The summed E-state index contributed by atoms with van der Waals surface area (Å²) in [4.78, 5) is 11.1. The van der Waals surface area contributed by atoms with E-state index in [0.29, 0.717) is 0 Å². The lowest BCUT2D eigenvalue weighted by Gasteiger charge is -2.22. The first-order chi connectivity index (χ1) is 8.79. The molecule has 1 aliphatic carbocycles.